The molecule has 1 rings (SSSR count). The lowest BCUT2D eigenvalue weighted by atomic mass is 9.79. The summed E-state index contributed by atoms with van der Waals surface area (Å²) in [5.74, 6) is -5.14. The molecule has 1 saturated carbocycles. The molecule has 19 heavy (non-hydrogen) atoms. The zero-order valence-electron chi connectivity index (χ0n) is 9.61. The van der Waals surface area contributed by atoms with Crippen LogP contribution >= 0.6 is 0 Å². The Balaban J connectivity index is 2.85. The van der Waals surface area contributed by atoms with Crippen LogP contribution in [0.25, 0.3) is 0 Å². The molecule has 2 atom stereocenters. The van der Waals surface area contributed by atoms with E-state index in [2.05, 4.69) is 0 Å². The van der Waals surface area contributed by atoms with Crippen LogP contribution in [0.3, 0.4) is 0 Å². The molecule has 1 aliphatic carbocycles. The smallest absolute Gasteiger partial charge is 0.481 e. The van der Waals surface area contributed by atoms with Crippen LogP contribution in [0.2, 0.25) is 0 Å². The molecule has 0 heterocycles. The SMILES string of the molecule is O=C(O)C1CCCCC1C(=O)NS(=O)(=O)C(F)(F)F. The van der Waals surface area contributed by atoms with Crippen molar-refractivity contribution in [3.63, 3.8) is 0 Å². The molecule has 1 aliphatic rings. The summed E-state index contributed by atoms with van der Waals surface area (Å²) in [6.45, 7) is 0. The van der Waals surface area contributed by atoms with Gasteiger partial charge in [0.25, 0.3) is 0 Å². The van der Waals surface area contributed by atoms with Gasteiger partial charge in [0.05, 0.1) is 11.8 Å². The van der Waals surface area contributed by atoms with Gasteiger partial charge in [-0.3, -0.25) is 9.59 Å². The number of alkyl halides is 3. The third-order valence-corrected chi connectivity index (χ3v) is 4.04. The van der Waals surface area contributed by atoms with Crippen LogP contribution in [-0.4, -0.2) is 30.9 Å². The van der Waals surface area contributed by atoms with Gasteiger partial charge in [0, 0.05) is 0 Å². The van der Waals surface area contributed by atoms with Gasteiger partial charge in [-0.15, -0.1) is 0 Å². The number of rotatable bonds is 3. The Hall–Kier alpha value is -1.32. The van der Waals surface area contributed by atoms with Gasteiger partial charge in [-0.1, -0.05) is 12.8 Å². The summed E-state index contributed by atoms with van der Waals surface area (Å²) < 4.78 is 58.7. The minimum absolute atomic E-state index is 0.0518. The molecule has 2 unspecified atom stereocenters. The highest BCUT2D eigenvalue weighted by Gasteiger charge is 2.48. The molecule has 0 aromatic rings. The molecule has 0 aromatic carbocycles. The summed E-state index contributed by atoms with van der Waals surface area (Å²) >= 11 is 0. The highest BCUT2D eigenvalue weighted by atomic mass is 32.2. The van der Waals surface area contributed by atoms with E-state index in [9.17, 15) is 31.2 Å². The Kier molecular flexibility index (Phi) is 4.43. The number of carbonyl (C=O) groups is 2. The Labute approximate surface area is 107 Å². The van der Waals surface area contributed by atoms with E-state index in [-0.39, 0.29) is 12.8 Å². The van der Waals surface area contributed by atoms with Crippen LogP contribution < -0.4 is 4.72 Å². The second-order valence-electron chi connectivity index (χ2n) is 4.25. The molecule has 0 bridgehead atoms. The number of carboxylic acids is 1. The number of sulfonamides is 1. The molecule has 1 amide bonds. The highest BCUT2D eigenvalue weighted by Crippen LogP contribution is 2.31. The maximum Gasteiger partial charge on any atom is 0.516 e. The van der Waals surface area contributed by atoms with Gasteiger partial charge in [-0.2, -0.15) is 21.6 Å². The van der Waals surface area contributed by atoms with Crippen LogP contribution in [0, 0.1) is 11.8 Å². The lowest BCUT2D eigenvalue weighted by Crippen LogP contribution is -2.46. The van der Waals surface area contributed by atoms with Gasteiger partial charge in [-0.05, 0) is 12.8 Å². The van der Waals surface area contributed by atoms with Gasteiger partial charge in [0.1, 0.15) is 0 Å². The topological polar surface area (TPSA) is 101 Å². The first-order valence-electron chi connectivity index (χ1n) is 5.42. The first-order valence-corrected chi connectivity index (χ1v) is 6.90. The first-order chi connectivity index (χ1) is 8.56. The molecular formula is C9H12F3NO5S. The second kappa shape index (κ2) is 5.35. The molecule has 0 saturated heterocycles. The second-order valence-corrected chi connectivity index (χ2v) is 5.93. The maximum absolute atomic E-state index is 12.1. The Morgan fingerprint density at radius 2 is 1.58 bits per heavy atom. The summed E-state index contributed by atoms with van der Waals surface area (Å²) in [6.07, 6.45) is 1.19. The quantitative estimate of drug-likeness (QED) is 0.804. The third kappa shape index (κ3) is 3.58. The van der Waals surface area contributed by atoms with Gasteiger partial charge < -0.3 is 5.11 Å². The van der Waals surface area contributed by atoms with E-state index < -0.39 is 39.2 Å². The van der Waals surface area contributed by atoms with E-state index in [0.717, 1.165) is 4.72 Å². The molecule has 110 valence electrons. The summed E-state index contributed by atoms with van der Waals surface area (Å²) in [5, 5.41) is 8.86. The van der Waals surface area contributed by atoms with E-state index in [4.69, 9.17) is 5.11 Å². The number of nitrogens with one attached hydrogen (secondary N) is 1. The van der Waals surface area contributed by atoms with Crippen LogP contribution in [0.4, 0.5) is 13.2 Å². The van der Waals surface area contributed by atoms with Gasteiger partial charge in [0.15, 0.2) is 0 Å². The molecule has 2 N–H and O–H groups in total. The van der Waals surface area contributed by atoms with E-state index in [1.54, 1.807) is 0 Å². The molecule has 1 fully saturated rings. The highest BCUT2D eigenvalue weighted by molar-refractivity contribution is 7.90. The van der Waals surface area contributed by atoms with Gasteiger partial charge in [0.2, 0.25) is 5.91 Å². The molecule has 0 aliphatic heterocycles. The summed E-state index contributed by atoms with van der Waals surface area (Å²) in [7, 11) is -5.79. The molecule has 6 nitrogen and oxygen atoms in total. The fraction of sp³-hybridized carbons (Fsp3) is 0.778. The van der Waals surface area contributed by atoms with Crippen molar-refractivity contribution in [2.45, 2.75) is 31.2 Å². The van der Waals surface area contributed by atoms with E-state index in [1.165, 1.54) is 0 Å². The number of halogens is 3. The van der Waals surface area contributed by atoms with Crippen molar-refractivity contribution in [1.29, 1.82) is 0 Å². The van der Waals surface area contributed by atoms with Crippen molar-refractivity contribution in [1.82, 2.24) is 4.72 Å². The lowest BCUT2D eigenvalue weighted by molar-refractivity contribution is -0.148. The van der Waals surface area contributed by atoms with Gasteiger partial charge >= 0.3 is 21.5 Å². The molecule has 0 aromatic heterocycles. The molecular weight excluding hydrogens is 291 g/mol. The first kappa shape index (κ1) is 15.7. The molecule has 10 heteroatoms. The fourth-order valence-corrected chi connectivity index (χ4v) is 2.54. The zero-order chi connectivity index (χ0) is 14.8. The van der Waals surface area contributed by atoms with Crippen molar-refractivity contribution < 1.29 is 36.3 Å². The van der Waals surface area contributed by atoms with E-state index in [0.29, 0.717) is 12.8 Å². The zero-order valence-corrected chi connectivity index (χ0v) is 10.4. The normalized spacial score (nSPS) is 24.8. The van der Waals surface area contributed by atoms with Crippen LogP contribution in [0.5, 0.6) is 0 Å². The molecule has 0 radical (unpaired) electrons. The van der Waals surface area contributed by atoms with Crippen LogP contribution in [-0.2, 0) is 19.6 Å². The number of aliphatic carboxylic acids is 1. The predicted molar refractivity (Wildman–Crippen MR) is 56.2 cm³/mol. The van der Waals surface area contributed by atoms with Crippen molar-refractivity contribution in [3.05, 3.63) is 0 Å². The summed E-state index contributed by atoms with van der Waals surface area (Å²) in [4.78, 5) is 22.4. The van der Waals surface area contributed by atoms with Crippen LogP contribution in [0.15, 0.2) is 0 Å². The van der Waals surface area contributed by atoms with E-state index in [1.807, 2.05) is 0 Å². The fourth-order valence-electron chi connectivity index (χ4n) is 2.01. The monoisotopic (exact) mass is 303 g/mol. The molecule has 0 spiro atoms. The average molecular weight is 303 g/mol. The van der Waals surface area contributed by atoms with Gasteiger partial charge in [-0.25, -0.2) is 4.72 Å². The largest absolute Gasteiger partial charge is 0.516 e. The maximum atomic E-state index is 12.1. The van der Waals surface area contributed by atoms with E-state index >= 15 is 0 Å². The van der Waals surface area contributed by atoms with Crippen molar-refractivity contribution in [2.24, 2.45) is 11.8 Å². The number of amides is 1. The van der Waals surface area contributed by atoms with Crippen molar-refractivity contribution >= 4 is 21.9 Å². The number of hydrogen-bond acceptors (Lipinski definition) is 4. The van der Waals surface area contributed by atoms with Crippen molar-refractivity contribution in [3.8, 4) is 0 Å². The minimum atomic E-state index is -5.79. The number of hydrogen-bond donors (Lipinski definition) is 2. The Morgan fingerprint density at radius 1 is 1.11 bits per heavy atom. The summed E-state index contributed by atoms with van der Waals surface area (Å²) in [6, 6.07) is 0. The Bertz CT molecular complexity index is 473. The Morgan fingerprint density at radius 3 is 2.00 bits per heavy atom. The predicted octanol–water partition coefficient (Wildman–Crippen LogP) is 0.843. The number of carboxylic acid groups (broad SMARTS) is 1. The standard InChI is InChI=1S/C9H12F3NO5S/c10-9(11,12)19(17,18)13-7(14)5-3-1-2-4-6(5)8(15)16/h5-6H,1-4H2,(H,13,14)(H,15,16). The minimum Gasteiger partial charge on any atom is -0.481 e. The summed E-state index contributed by atoms with van der Waals surface area (Å²) in [5.41, 5.74) is -5.60. The number of carbonyl (C=O) groups excluding carboxylic acids is 1. The lowest BCUT2D eigenvalue weighted by Gasteiger charge is -2.27. The van der Waals surface area contributed by atoms with Crippen molar-refractivity contribution in [2.75, 3.05) is 0 Å². The average Bonchev–Trinajstić information content (AvgIpc) is 2.26. The van der Waals surface area contributed by atoms with Crippen LogP contribution in [0.1, 0.15) is 25.7 Å². The third-order valence-electron chi connectivity index (χ3n) is 2.96.